The van der Waals surface area contributed by atoms with E-state index in [9.17, 15) is 4.79 Å². The van der Waals surface area contributed by atoms with Crippen LogP contribution in [-0.4, -0.2) is 18.5 Å². The van der Waals surface area contributed by atoms with Gasteiger partial charge in [0, 0.05) is 12.6 Å². The molecule has 1 rings (SSSR count). The van der Waals surface area contributed by atoms with Crippen molar-refractivity contribution in [3.63, 3.8) is 0 Å². The molecule has 14 heavy (non-hydrogen) atoms. The van der Waals surface area contributed by atoms with Gasteiger partial charge in [-0.05, 0) is 18.8 Å². The van der Waals surface area contributed by atoms with Crippen molar-refractivity contribution in [3.05, 3.63) is 0 Å². The Morgan fingerprint density at radius 1 is 1.43 bits per heavy atom. The van der Waals surface area contributed by atoms with Crippen molar-refractivity contribution in [1.29, 1.82) is 0 Å². The Kier molecular flexibility index (Phi) is 4.39. The quantitative estimate of drug-likeness (QED) is 0.715. The third-order valence-electron chi connectivity index (χ3n) is 3.10. The van der Waals surface area contributed by atoms with Crippen LogP contribution in [0.3, 0.4) is 0 Å². The van der Waals surface area contributed by atoms with Gasteiger partial charge in [0.05, 0.1) is 5.92 Å². The van der Waals surface area contributed by atoms with Crippen molar-refractivity contribution in [1.82, 2.24) is 5.32 Å². The fraction of sp³-hybridized carbons (Fsp3) is 0.909. The standard InChI is InChI=1S/C11H22N2O/c1-8(2)10(7-12)11(14)13-9-5-3-4-6-9/h8-10H,3-7,12H2,1-2H3,(H,13,14). The van der Waals surface area contributed by atoms with Gasteiger partial charge in [-0.1, -0.05) is 26.7 Å². The molecular weight excluding hydrogens is 176 g/mol. The lowest BCUT2D eigenvalue weighted by molar-refractivity contribution is -0.126. The molecule has 0 aromatic carbocycles. The number of nitrogens with two attached hydrogens (primary N) is 1. The summed E-state index contributed by atoms with van der Waals surface area (Å²) < 4.78 is 0. The van der Waals surface area contributed by atoms with Gasteiger partial charge >= 0.3 is 0 Å². The van der Waals surface area contributed by atoms with Crippen LogP contribution in [0.2, 0.25) is 0 Å². The molecule has 3 N–H and O–H groups in total. The smallest absolute Gasteiger partial charge is 0.224 e. The van der Waals surface area contributed by atoms with Gasteiger partial charge in [0.1, 0.15) is 0 Å². The molecular formula is C11H22N2O. The normalized spacial score (nSPS) is 20.0. The maximum Gasteiger partial charge on any atom is 0.224 e. The molecule has 0 bridgehead atoms. The first-order chi connectivity index (χ1) is 6.65. The highest BCUT2D eigenvalue weighted by Crippen LogP contribution is 2.19. The summed E-state index contributed by atoms with van der Waals surface area (Å²) in [5, 5.41) is 3.09. The van der Waals surface area contributed by atoms with Crippen LogP contribution in [0, 0.1) is 11.8 Å². The maximum absolute atomic E-state index is 11.8. The van der Waals surface area contributed by atoms with Crippen LogP contribution < -0.4 is 11.1 Å². The van der Waals surface area contributed by atoms with Gasteiger partial charge in [-0.2, -0.15) is 0 Å². The van der Waals surface area contributed by atoms with E-state index in [2.05, 4.69) is 5.32 Å². The number of amides is 1. The highest BCUT2D eigenvalue weighted by atomic mass is 16.2. The summed E-state index contributed by atoms with van der Waals surface area (Å²) >= 11 is 0. The molecule has 3 nitrogen and oxygen atoms in total. The first-order valence-electron chi connectivity index (χ1n) is 5.65. The van der Waals surface area contributed by atoms with Crippen LogP contribution in [0.1, 0.15) is 39.5 Å². The number of hydrogen-bond donors (Lipinski definition) is 2. The van der Waals surface area contributed by atoms with Crippen molar-refractivity contribution >= 4 is 5.91 Å². The Balaban J connectivity index is 2.38. The highest BCUT2D eigenvalue weighted by Gasteiger charge is 2.24. The van der Waals surface area contributed by atoms with Crippen LogP contribution in [0.15, 0.2) is 0 Å². The molecule has 1 fully saturated rings. The number of nitrogens with one attached hydrogen (secondary N) is 1. The van der Waals surface area contributed by atoms with Crippen LogP contribution >= 0.6 is 0 Å². The minimum absolute atomic E-state index is 0.0180. The van der Waals surface area contributed by atoms with Gasteiger partial charge in [0.25, 0.3) is 0 Å². The van der Waals surface area contributed by atoms with Crippen molar-refractivity contribution < 1.29 is 4.79 Å². The van der Waals surface area contributed by atoms with E-state index in [4.69, 9.17) is 5.73 Å². The van der Waals surface area contributed by atoms with Gasteiger partial charge in [0.15, 0.2) is 0 Å². The van der Waals surface area contributed by atoms with Gasteiger partial charge < -0.3 is 11.1 Å². The van der Waals surface area contributed by atoms with E-state index in [0.29, 0.717) is 18.5 Å². The van der Waals surface area contributed by atoms with Crippen LogP contribution in [0.5, 0.6) is 0 Å². The fourth-order valence-corrected chi connectivity index (χ4v) is 2.06. The zero-order valence-corrected chi connectivity index (χ0v) is 9.25. The molecule has 1 saturated carbocycles. The molecule has 1 atom stereocenters. The van der Waals surface area contributed by atoms with E-state index in [1.54, 1.807) is 0 Å². The van der Waals surface area contributed by atoms with Gasteiger partial charge in [-0.3, -0.25) is 4.79 Å². The Morgan fingerprint density at radius 3 is 2.43 bits per heavy atom. The summed E-state index contributed by atoms with van der Waals surface area (Å²) in [4.78, 5) is 11.8. The third-order valence-corrected chi connectivity index (χ3v) is 3.10. The molecule has 1 amide bonds. The van der Waals surface area contributed by atoms with Crippen molar-refractivity contribution in [3.8, 4) is 0 Å². The van der Waals surface area contributed by atoms with Gasteiger partial charge in [0.2, 0.25) is 5.91 Å². The zero-order chi connectivity index (χ0) is 10.6. The average Bonchev–Trinajstić information content (AvgIpc) is 2.57. The van der Waals surface area contributed by atoms with E-state index >= 15 is 0 Å². The first-order valence-corrected chi connectivity index (χ1v) is 5.65. The molecule has 1 aliphatic carbocycles. The topological polar surface area (TPSA) is 55.1 Å². The molecule has 0 radical (unpaired) electrons. The second-order valence-electron chi connectivity index (χ2n) is 4.58. The van der Waals surface area contributed by atoms with Crippen LogP contribution in [-0.2, 0) is 4.79 Å². The average molecular weight is 198 g/mol. The van der Waals surface area contributed by atoms with E-state index in [0.717, 1.165) is 12.8 Å². The summed E-state index contributed by atoms with van der Waals surface area (Å²) in [6.07, 6.45) is 4.78. The highest BCUT2D eigenvalue weighted by molar-refractivity contribution is 5.79. The minimum atomic E-state index is -0.0180. The first kappa shape index (κ1) is 11.5. The molecule has 3 heteroatoms. The van der Waals surface area contributed by atoms with Crippen LogP contribution in [0.25, 0.3) is 0 Å². The van der Waals surface area contributed by atoms with Crippen molar-refractivity contribution in [2.75, 3.05) is 6.54 Å². The third kappa shape index (κ3) is 2.98. The lowest BCUT2D eigenvalue weighted by atomic mass is 9.95. The predicted molar refractivity (Wildman–Crippen MR) is 57.8 cm³/mol. The Bertz CT molecular complexity index is 186. The lowest BCUT2D eigenvalue weighted by Gasteiger charge is -2.21. The SMILES string of the molecule is CC(C)C(CN)C(=O)NC1CCCC1. The number of carbonyl (C=O) groups excluding carboxylic acids is 1. The van der Waals surface area contributed by atoms with E-state index in [1.165, 1.54) is 12.8 Å². The summed E-state index contributed by atoms with van der Waals surface area (Å²) in [5.41, 5.74) is 5.59. The maximum atomic E-state index is 11.8. The molecule has 0 aromatic heterocycles. The van der Waals surface area contributed by atoms with Gasteiger partial charge in [-0.25, -0.2) is 0 Å². The van der Waals surface area contributed by atoms with Crippen molar-refractivity contribution in [2.24, 2.45) is 17.6 Å². The molecule has 0 heterocycles. The fourth-order valence-electron chi connectivity index (χ4n) is 2.06. The van der Waals surface area contributed by atoms with E-state index < -0.39 is 0 Å². The number of hydrogen-bond acceptors (Lipinski definition) is 2. The van der Waals surface area contributed by atoms with Crippen LogP contribution in [0.4, 0.5) is 0 Å². The predicted octanol–water partition coefficient (Wildman–Crippen LogP) is 1.28. The monoisotopic (exact) mass is 198 g/mol. The summed E-state index contributed by atoms with van der Waals surface area (Å²) in [7, 11) is 0. The largest absolute Gasteiger partial charge is 0.353 e. The Labute approximate surface area is 86.4 Å². The molecule has 0 saturated heterocycles. The molecule has 1 unspecified atom stereocenters. The minimum Gasteiger partial charge on any atom is -0.353 e. The molecule has 0 spiro atoms. The Morgan fingerprint density at radius 2 is 2.00 bits per heavy atom. The molecule has 1 aliphatic rings. The molecule has 82 valence electrons. The van der Waals surface area contributed by atoms with E-state index in [-0.39, 0.29) is 11.8 Å². The second kappa shape index (κ2) is 5.35. The lowest BCUT2D eigenvalue weighted by Crippen LogP contribution is -2.42. The second-order valence-corrected chi connectivity index (χ2v) is 4.58. The zero-order valence-electron chi connectivity index (χ0n) is 9.25. The number of rotatable bonds is 4. The summed E-state index contributed by atoms with van der Waals surface area (Å²) in [6, 6.07) is 0.412. The summed E-state index contributed by atoms with van der Waals surface area (Å²) in [5.74, 6) is 0.464. The Hall–Kier alpha value is -0.570. The van der Waals surface area contributed by atoms with Gasteiger partial charge in [-0.15, -0.1) is 0 Å². The molecule has 0 aromatic rings. The van der Waals surface area contributed by atoms with E-state index in [1.807, 2.05) is 13.8 Å². The number of carbonyl (C=O) groups is 1. The molecule has 0 aliphatic heterocycles. The van der Waals surface area contributed by atoms with Crippen molar-refractivity contribution in [2.45, 2.75) is 45.6 Å². The summed E-state index contributed by atoms with van der Waals surface area (Å²) in [6.45, 7) is 4.55.